The summed E-state index contributed by atoms with van der Waals surface area (Å²) in [5.74, 6) is -0.248. The molecule has 98 valence electrons. The number of carbonyl (C=O) groups excluding carboxylic acids is 2. The minimum absolute atomic E-state index is 0.0787. The fraction of sp³-hybridized carbons (Fsp3) is 0.833. The Hall–Kier alpha value is -0.940. The van der Waals surface area contributed by atoms with E-state index in [1.54, 1.807) is 14.0 Å². The third-order valence-corrected chi connectivity index (χ3v) is 3.43. The summed E-state index contributed by atoms with van der Waals surface area (Å²) in [5, 5.41) is 12.7. The molecule has 1 unspecified atom stereocenters. The van der Waals surface area contributed by atoms with Gasteiger partial charge in [0.25, 0.3) is 0 Å². The van der Waals surface area contributed by atoms with Crippen LogP contribution in [0.15, 0.2) is 0 Å². The van der Waals surface area contributed by atoms with E-state index in [0.717, 1.165) is 13.0 Å². The van der Waals surface area contributed by atoms with Crippen molar-refractivity contribution in [1.29, 1.82) is 0 Å². The van der Waals surface area contributed by atoms with Gasteiger partial charge in [0.1, 0.15) is 0 Å². The average molecular weight is 242 g/mol. The van der Waals surface area contributed by atoms with Crippen molar-refractivity contribution in [3.05, 3.63) is 0 Å². The van der Waals surface area contributed by atoms with Gasteiger partial charge in [-0.3, -0.25) is 14.5 Å². The molecular formula is C12H22N2O3. The van der Waals surface area contributed by atoms with Crippen molar-refractivity contribution in [1.82, 2.24) is 10.2 Å². The average Bonchev–Trinajstić information content (AvgIpc) is 2.28. The van der Waals surface area contributed by atoms with Crippen molar-refractivity contribution in [3.8, 4) is 0 Å². The summed E-state index contributed by atoms with van der Waals surface area (Å²) in [6.45, 7) is 2.62. The van der Waals surface area contributed by atoms with Crippen molar-refractivity contribution in [2.24, 2.45) is 5.92 Å². The van der Waals surface area contributed by atoms with Crippen molar-refractivity contribution >= 4 is 11.7 Å². The van der Waals surface area contributed by atoms with E-state index in [2.05, 4.69) is 5.32 Å². The molecule has 0 aromatic carbocycles. The number of aliphatic hydroxyl groups excluding tert-OH is 1. The van der Waals surface area contributed by atoms with E-state index < -0.39 is 12.1 Å². The van der Waals surface area contributed by atoms with Crippen LogP contribution in [0.5, 0.6) is 0 Å². The number of likely N-dealkylation sites (tertiary alicyclic amines) is 1. The second-order valence-electron chi connectivity index (χ2n) is 4.84. The third-order valence-electron chi connectivity index (χ3n) is 3.43. The first-order valence-electron chi connectivity index (χ1n) is 6.09. The zero-order chi connectivity index (χ0) is 13.0. The number of nitrogens with one attached hydrogen (secondary N) is 1. The molecule has 0 aromatic heterocycles. The summed E-state index contributed by atoms with van der Waals surface area (Å²) < 4.78 is 0. The van der Waals surface area contributed by atoms with Crippen LogP contribution in [-0.4, -0.2) is 54.5 Å². The monoisotopic (exact) mass is 242 g/mol. The van der Waals surface area contributed by atoms with Gasteiger partial charge in [-0.25, -0.2) is 0 Å². The van der Waals surface area contributed by atoms with E-state index in [1.807, 2.05) is 11.9 Å². The van der Waals surface area contributed by atoms with Gasteiger partial charge < -0.3 is 10.4 Å². The zero-order valence-corrected chi connectivity index (χ0v) is 10.8. The molecule has 1 amide bonds. The fourth-order valence-electron chi connectivity index (χ4n) is 2.31. The van der Waals surface area contributed by atoms with Crippen LogP contribution < -0.4 is 5.32 Å². The molecule has 1 aliphatic heterocycles. The molecule has 5 nitrogen and oxygen atoms in total. The van der Waals surface area contributed by atoms with Crippen LogP contribution in [0.3, 0.4) is 0 Å². The van der Waals surface area contributed by atoms with Crippen LogP contribution in [-0.2, 0) is 9.59 Å². The molecule has 1 saturated heterocycles. The lowest BCUT2D eigenvalue weighted by Crippen LogP contribution is -2.52. The van der Waals surface area contributed by atoms with Crippen LogP contribution in [0, 0.1) is 5.92 Å². The highest BCUT2D eigenvalue weighted by Crippen LogP contribution is 2.21. The number of amides is 1. The molecular weight excluding hydrogens is 220 g/mol. The zero-order valence-electron chi connectivity index (χ0n) is 10.8. The molecule has 0 saturated carbocycles. The Morgan fingerprint density at radius 2 is 2.29 bits per heavy atom. The number of rotatable bonds is 4. The number of ketones is 1. The van der Waals surface area contributed by atoms with Crippen molar-refractivity contribution in [2.45, 2.75) is 38.3 Å². The lowest BCUT2D eigenvalue weighted by molar-refractivity contribution is -0.134. The second kappa shape index (κ2) is 6.12. The smallest absolute Gasteiger partial charge is 0.220 e. The quantitative estimate of drug-likeness (QED) is 0.715. The maximum atomic E-state index is 11.8. The summed E-state index contributed by atoms with van der Waals surface area (Å²) in [4.78, 5) is 24.9. The highest BCUT2D eigenvalue weighted by Gasteiger charge is 2.36. The topological polar surface area (TPSA) is 69.6 Å². The predicted octanol–water partition coefficient (Wildman–Crippen LogP) is -0.217. The summed E-state index contributed by atoms with van der Waals surface area (Å²) >= 11 is 0. The van der Waals surface area contributed by atoms with Crippen molar-refractivity contribution in [3.63, 3.8) is 0 Å². The highest BCUT2D eigenvalue weighted by molar-refractivity contribution is 5.85. The van der Waals surface area contributed by atoms with Gasteiger partial charge in [0.05, 0.1) is 12.1 Å². The van der Waals surface area contributed by atoms with Gasteiger partial charge in [0, 0.05) is 19.9 Å². The van der Waals surface area contributed by atoms with Crippen LogP contribution in [0.4, 0.5) is 0 Å². The van der Waals surface area contributed by atoms with Gasteiger partial charge in [-0.05, 0) is 25.9 Å². The molecule has 1 fully saturated rings. The molecule has 0 spiro atoms. The number of piperidine rings is 1. The van der Waals surface area contributed by atoms with Gasteiger partial charge in [0.15, 0.2) is 5.78 Å². The van der Waals surface area contributed by atoms with E-state index in [4.69, 9.17) is 0 Å². The number of nitrogens with zero attached hydrogens (tertiary/aromatic N) is 1. The molecule has 5 heteroatoms. The first-order chi connectivity index (χ1) is 7.97. The Morgan fingerprint density at radius 1 is 1.65 bits per heavy atom. The Morgan fingerprint density at radius 3 is 2.82 bits per heavy atom. The lowest BCUT2D eigenvalue weighted by atomic mass is 9.88. The molecule has 0 radical (unpaired) electrons. The summed E-state index contributed by atoms with van der Waals surface area (Å²) in [6, 6.07) is -0.455. The largest absolute Gasteiger partial charge is 0.391 e. The van der Waals surface area contributed by atoms with Crippen LogP contribution in [0.1, 0.15) is 26.2 Å². The van der Waals surface area contributed by atoms with Crippen molar-refractivity contribution in [2.75, 3.05) is 20.6 Å². The molecule has 0 bridgehead atoms. The van der Waals surface area contributed by atoms with E-state index in [1.165, 1.54) is 0 Å². The van der Waals surface area contributed by atoms with Gasteiger partial charge in [-0.15, -0.1) is 0 Å². The van der Waals surface area contributed by atoms with Crippen LogP contribution in [0.25, 0.3) is 0 Å². The number of aliphatic hydroxyl groups is 1. The molecule has 3 atom stereocenters. The predicted molar refractivity (Wildman–Crippen MR) is 64.5 cm³/mol. The number of hydrogen-bond acceptors (Lipinski definition) is 4. The first kappa shape index (κ1) is 14.1. The molecule has 1 heterocycles. The van der Waals surface area contributed by atoms with E-state index in [0.29, 0.717) is 6.42 Å². The minimum atomic E-state index is -0.773. The standard InChI is InChI=1S/C12H22N2O3/c1-8(7-10(16)13-2)12(17)11-9(15)5-4-6-14(11)3/h8,11-12,17H,4-7H2,1-3H3,(H,13,16)/t8-,11-,12?/m1/s1. The Bertz CT molecular complexity index is 293. The van der Waals surface area contributed by atoms with E-state index in [9.17, 15) is 14.7 Å². The number of likely N-dealkylation sites (N-methyl/N-ethyl adjacent to an activating group) is 1. The van der Waals surface area contributed by atoms with Gasteiger partial charge in [0.2, 0.25) is 5.91 Å². The first-order valence-corrected chi connectivity index (χ1v) is 6.09. The van der Waals surface area contributed by atoms with Crippen LogP contribution >= 0.6 is 0 Å². The molecule has 1 rings (SSSR count). The maximum Gasteiger partial charge on any atom is 0.220 e. The maximum absolute atomic E-state index is 11.8. The molecule has 17 heavy (non-hydrogen) atoms. The highest BCUT2D eigenvalue weighted by atomic mass is 16.3. The van der Waals surface area contributed by atoms with E-state index >= 15 is 0 Å². The normalized spacial score (nSPS) is 25.4. The van der Waals surface area contributed by atoms with Gasteiger partial charge in [-0.1, -0.05) is 6.92 Å². The Labute approximate surface area is 102 Å². The fourth-order valence-corrected chi connectivity index (χ4v) is 2.31. The minimum Gasteiger partial charge on any atom is -0.391 e. The lowest BCUT2D eigenvalue weighted by Gasteiger charge is -2.36. The van der Waals surface area contributed by atoms with E-state index in [-0.39, 0.29) is 24.0 Å². The Kier molecular flexibility index (Phi) is 5.08. The molecule has 2 N–H and O–H groups in total. The SMILES string of the molecule is CNC(=O)C[C@@H](C)C(O)[C@H]1C(=O)CCCN1C. The van der Waals surface area contributed by atoms with Crippen molar-refractivity contribution < 1.29 is 14.7 Å². The Balaban J connectivity index is 2.63. The number of hydrogen-bond donors (Lipinski definition) is 2. The number of Topliss-reactive ketones (excluding diaryl/α,β-unsaturated/α-hetero) is 1. The summed E-state index contributed by atoms with van der Waals surface area (Å²) in [7, 11) is 3.41. The summed E-state index contributed by atoms with van der Waals surface area (Å²) in [5.41, 5.74) is 0. The van der Waals surface area contributed by atoms with Crippen LogP contribution in [0.2, 0.25) is 0 Å². The van der Waals surface area contributed by atoms with Gasteiger partial charge in [-0.2, -0.15) is 0 Å². The van der Waals surface area contributed by atoms with Gasteiger partial charge >= 0.3 is 0 Å². The summed E-state index contributed by atoms with van der Waals surface area (Å²) in [6.07, 6.45) is 0.848. The second-order valence-corrected chi connectivity index (χ2v) is 4.84. The molecule has 0 aliphatic carbocycles. The molecule has 0 aromatic rings. The third kappa shape index (κ3) is 3.51. The molecule has 1 aliphatic rings. The number of carbonyl (C=O) groups is 2.